The molecule has 1 aromatic heterocycles. The van der Waals surface area contributed by atoms with Crippen LogP contribution in [0.4, 0.5) is 11.5 Å². The van der Waals surface area contributed by atoms with Gasteiger partial charge in [0.25, 0.3) is 0 Å². The summed E-state index contributed by atoms with van der Waals surface area (Å²) >= 11 is 0. The van der Waals surface area contributed by atoms with Gasteiger partial charge in [-0.3, -0.25) is 10.2 Å². The Morgan fingerprint density at radius 2 is 2.09 bits per heavy atom. The van der Waals surface area contributed by atoms with E-state index in [1.54, 1.807) is 13.4 Å². The number of nitrogens with one attached hydrogen (secondary N) is 4. The molecule has 3 heterocycles. The molecule has 3 saturated carbocycles. The second kappa shape index (κ2) is 7.14. The van der Waals surface area contributed by atoms with Crippen molar-refractivity contribution < 1.29 is 9.53 Å². The van der Waals surface area contributed by atoms with Gasteiger partial charge in [-0.1, -0.05) is 0 Å². The Bertz CT molecular complexity index is 1120. The Morgan fingerprint density at radius 3 is 2.94 bits per heavy atom. The van der Waals surface area contributed by atoms with Gasteiger partial charge in [-0.2, -0.15) is 0 Å². The summed E-state index contributed by atoms with van der Waals surface area (Å²) in [5, 5.41) is 6.79. The number of ether oxygens (including phenoxy) is 1. The number of hydrogen-bond donors (Lipinski definition) is 4. The van der Waals surface area contributed by atoms with Crippen molar-refractivity contribution in [2.75, 3.05) is 17.7 Å². The number of rotatable bonds is 5. The maximum absolute atomic E-state index is 13.0. The van der Waals surface area contributed by atoms with E-state index in [-0.39, 0.29) is 17.5 Å². The lowest BCUT2D eigenvalue weighted by molar-refractivity contribution is -0.118. The zero-order chi connectivity index (χ0) is 22.2. The average molecular weight is 447 g/mol. The van der Waals surface area contributed by atoms with Gasteiger partial charge in [-0.25, -0.2) is 15.4 Å². The zero-order valence-electron chi connectivity index (χ0n) is 18.8. The summed E-state index contributed by atoms with van der Waals surface area (Å²) in [4.78, 5) is 21.8. The van der Waals surface area contributed by atoms with Gasteiger partial charge in [0, 0.05) is 29.4 Å². The molecule has 7 rings (SSSR count). The van der Waals surface area contributed by atoms with Crippen LogP contribution in [0.3, 0.4) is 0 Å². The zero-order valence-corrected chi connectivity index (χ0v) is 18.8. The first-order valence-electron chi connectivity index (χ1n) is 12.2. The lowest BCUT2D eigenvalue weighted by Gasteiger charge is -2.34. The molecule has 3 aliphatic carbocycles. The molecule has 8 heteroatoms. The summed E-state index contributed by atoms with van der Waals surface area (Å²) < 4.78 is 5.45. The molecule has 1 aromatic carbocycles. The van der Waals surface area contributed by atoms with Crippen LogP contribution < -0.4 is 26.2 Å². The molecule has 1 amide bonds. The minimum absolute atomic E-state index is 0.163. The largest absolute Gasteiger partial charge is 0.497 e. The van der Waals surface area contributed by atoms with E-state index in [2.05, 4.69) is 37.5 Å². The fraction of sp³-hybridized carbons (Fsp3) is 0.560. The van der Waals surface area contributed by atoms with Gasteiger partial charge in [0.1, 0.15) is 17.9 Å². The molecule has 2 aromatic rings. The van der Waals surface area contributed by atoms with Crippen LogP contribution in [-0.2, 0) is 10.2 Å². The Hall–Kier alpha value is -2.71. The number of anilines is 2. The van der Waals surface area contributed by atoms with E-state index >= 15 is 0 Å². The van der Waals surface area contributed by atoms with Crippen molar-refractivity contribution in [3.8, 4) is 5.75 Å². The van der Waals surface area contributed by atoms with Gasteiger partial charge in [0.05, 0.1) is 18.7 Å². The van der Waals surface area contributed by atoms with Gasteiger partial charge in [0.2, 0.25) is 5.91 Å². The molecule has 6 atom stereocenters. The molecule has 4 fully saturated rings. The molecule has 8 nitrogen and oxygen atoms in total. The van der Waals surface area contributed by atoms with E-state index < -0.39 is 0 Å². The highest BCUT2D eigenvalue weighted by molar-refractivity contribution is 6.09. The Morgan fingerprint density at radius 1 is 1.18 bits per heavy atom. The SMILES string of the molecule is COc1ccc2c(c1)[C@]1(C[C@H]1C1CCC3C(C1)NNC3Nc1ncncc1C1CC1)C(=O)N2. The third-order valence-electron chi connectivity index (χ3n) is 8.79. The van der Waals surface area contributed by atoms with Gasteiger partial charge in [-0.05, 0) is 80.0 Å². The summed E-state index contributed by atoms with van der Waals surface area (Å²) in [6.45, 7) is 0. The van der Waals surface area contributed by atoms with E-state index in [4.69, 9.17) is 4.74 Å². The fourth-order valence-electron chi connectivity index (χ4n) is 6.82. The van der Waals surface area contributed by atoms with Gasteiger partial charge < -0.3 is 15.4 Å². The standard InChI is InChI=1S/C25H30N6O2/c1-33-15-5-7-20-18(9-15)25(24(32)28-20)10-19(25)14-4-6-16-21(8-14)30-31-23(16)29-22-17(13-2-3-13)11-26-12-27-22/h5,7,9,11-14,16,19,21,23,30-31H,2-4,6,8,10H2,1H3,(H,28,32)(H,26,27,29)/t14?,16?,19-,21?,23?,25-/m0/s1. The molecule has 1 saturated heterocycles. The fourth-order valence-corrected chi connectivity index (χ4v) is 6.82. The second-order valence-electron chi connectivity index (χ2n) is 10.5. The molecule has 5 aliphatic rings. The topological polar surface area (TPSA) is 100 Å². The Balaban J connectivity index is 1.06. The number of hydrogen-bond acceptors (Lipinski definition) is 7. The first-order chi connectivity index (χ1) is 16.2. The third kappa shape index (κ3) is 3.00. The van der Waals surface area contributed by atoms with Crippen LogP contribution in [-0.4, -0.2) is 35.2 Å². The number of benzene rings is 1. The Labute approximate surface area is 193 Å². The van der Waals surface area contributed by atoms with E-state index in [1.165, 1.54) is 18.4 Å². The van der Waals surface area contributed by atoms with Crippen molar-refractivity contribution in [3.63, 3.8) is 0 Å². The molecule has 33 heavy (non-hydrogen) atoms. The summed E-state index contributed by atoms with van der Waals surface area (Å²) in [5.74, 6) is 4.04. The maximum Gasteiger partial charge on any atom is 0.235 e. The van der Waals surface area contributed by atoms with Crippen molar-refractivity contribution in [2.45, 2.75) is 62.1 Å². The molecule has 1 spiro atoms. The van der Waals surface area contributed by atoms with E-state index in [1.807, 2.05) is 18.3 Å². The predicted octanol–water partition coefficient (Wildman–Crippen LogP) is 2.90. The van der Waals surface area contributed by atoms with Crippen LogP contribution in [0.5, 0.6) is 5.75 Å². The normalized spacial score (nSPS) is 36.3. The number of nitrogens with zero attached hydrogens (tertiary/aromatic N) is 2. The number of fused-ring (bicyclic) bond motifs is 3. The van der Waals surface area contributed by atoms with Crippen molar-refractivity contribution in [1.82, 2.24) is 20.8 Å². The van der Waals surface area contributed by atoms with E-state index in [9.17, 15) is 4.79 Å². The summed E-state index contributed by atoms with van der Waals surface area (Å²) in [6.07, 6.45) is 10.6. The molecular formula is C25H30N6O2. The number of aromatic nitrogens is 2. The minimum atomic E-state index is -0.356. The summed E-state index contributed by atoms with van der Waals surface area (Å²) in [6, 6.07) is 6.37. The molecule has 0 radical (unpaired) electrons. The monoisotopic (exact) mass is 446 g/mol. The smallest absolute Gasteiger partial charge is 0.235 e. The molecule has 2 aliphatic heterocycles. The van der Waals surface area contributed by atoms with Crippen molar-refractivity contribution >= 4 is 17.4 Å². The molecule has 4 N–H and O–H groups in total. The van der Waals surface area contributed by atoms with Crippen LogP contribution in [0.2, 0.25) is 0 Å². The molecule has 172 valence electrons. The highest BCUT2D eigenvalue weighted by Crippen LogP contribution is 2.65. The van der Waals surface area contributed by atoms with Crippen LogP contribution >= 0.6 is 0 Å². The molecule has 4 unspecified atom stereocenters. The predicted molar refractivity (Wildman–Crippen MR) is 124 cm³/mol. The first-order valence-corrected chi connectivity index (χ1v) is 12.2. The van der Waals surface area contributed by atoms with E-state index in [0.717, 1.165) is 48.5 Å². The Kier molecular flexibility index (Phi) is 4.27. The number of methoxy groups -OCH3 is 1. The highest BCUT2D eigenvalue weighted by Gasteiger charge is 2.67. The molecule has 0 bridgehead atoms. The maximum atomic E-state index is 13.0. The van der Waals surface area contributed by atoms with Crippen LogP contribution in [0.25, 0.3) is 0 Å². The van der Waals surface area contributed by atoms with Crippen LogP contribution in [0, 0.1) is 17.8 Å². The lowest BCUT2D eigenvalue weighted by Crippen LogP contribution is -2.39. The minimum Gasteiger partial charge on any atom is -0.497 e. The van der Waals surface area contributed by atoms with Crippen molar-refractivity contribution in [2.24, 2.45) is 17.8 Å². The number of amides is 1. The van der Waals surface area contributed by atoms with Crippen molar-refractivity contribution in [3.05, 3.63) is 41.9 Å². The summed E-state index contributed by atoms with van der Waals surface area (Å²) in [7, 11) is 1.68. The van der Waals surface area contributed by atoms with Gasteiger partial charge in [0.15, 0.2) is 0 Å². The van der Waals surface area contributed by atoms with Gasteiger partial charge >= 0.3 is 0 Å². The second-order valence-corrected chi connectivity index (χ2v) is 10.5. The summed E-state index contributed by atoms with van der Waals surface area (Å²) in [5.41, 5.74) is 10.0. The van der Waals surface area contributed by atoms with Gasteiger partial charge in [-0.15, -0.1) is 0 Å². The number of hydrazine groups is 1. The van der Waals surface area contributed by atoms with Crippen LogP contribution in [0.15, 0.2) is 30.7 Å². The molecular weight excluding hydrogens is 416 g/mol. The highest BCUT2D eigenvalue weighted by atomic mass is 16.5. The van der Waals surface area contributed by atoms with E-state index in [0.29, 0.717) is 29.7 Å². The first kappa shape index (κ1) is 19.7. The number of carbonyl (C=O) groups is 1. The lowest BCUT2D eigenvalue weighted by atomic mass is 9.74. The van der Waals surface area contributed by atoms with Crippen LogP contribution in [0.1, 0.15) is 55.6 Å². The quantitative estimate of drug-likeness (QED) is 0.560. The third-order valence-corrected chi connectivity index (χ3v) is 8.79. The number of carbonyl (C=O) groups excluding carboxylic acids is 1. The van der Waals surface area contributed by atoms with Crippen molar-refractivity contribution in [1.29, 1.82) is 0 Å². The average Bonchev–Trinajstić information content (AvgIpc) is 3.75.